The number of hydrogen-bond acceptors (Lipinski definition) is 4. The van der Waals surface area contributed by atoms with Crippen LogP contribution in [0.5, 0.6) is 0 Å². The summed E-state index contributed by atoms with van der Waals surface area (Å²) >= 11 is 0. The van der Waals surface area contributed by atoms with Gasteiger partial charge in [0.15, 0.2) is 0 Å². The minimum Gasteiger partial charge on any atom is -0.467 e. The summed E-state index contributed by atoms with van der Waals surface area (Å²) in [6, 6.07) is 3.37. The molecule has 4 nitrogen and oxygen atoms in total. The molecular formula is C19H24F3N3O. The van der Waals surface area contributed by atoms with Crippen molar-refractivity contribution in [3.8, 4) is 0 Å². The van der Waals surface area contributed by atoms with Gasteiger partial charge in [0.1, 0.15) is 11.5 Å². The first kappa shape index (κ1) is 18.8. The van der Waals surface area contributed by atoms with E-state index in [4.69, 9.17) is 4.42 Å². The number of hydrogen-bond donors (Lipinski definition) is 1. The van der Waals surface area contributed by atoms with Crippen molar-refractivity contribution in [3.63, 3.8) is 0 Å². The molecule has 0 spiro atoms. The van der Waals surface area contributed by atoms with Crippen molar-refractivity contribution < 1.29 is 17.6 Å². The zero-order chi connectivity index (χ0) is 18.4. The fourth-order valence-electron chi connectivity index (χ4n) is 3.22. The summed E-state index contributed by atoms with van der Waals surface area (Å²) in [7, 11) is 0. The summed E-state index contributed by atoms with van der Waals surface area (Å²) in [5, 5.41) is 3.35. The number of furan rings is 1. The van der Waals surface area contributed by atoms with Crippen LogP contribution in [-0.4, -0.2) is 48.7 Å². The Hall–Kier alpha value is -1.99. The highest BCUT2D eigenvalue weighted by Crippen LogP contribution is 2.38. The van der Waals surface area contributed by atoms with Crippen LogP contribution in [0.1, 0.15) is 18.6 Å². The van der Waals surface area contributed by atoms with Crippen molar-refractivity contribution in [3.05, 3.63) is 59.9 Å². The molecule has 3 rings (SSSR count). The number of rotatable bonds is 5. The third-order valence-corrected chi connectivity index (χ3v) is 4.55. The molecule has 142 valence electrons. The highest BCUT2D eigenvalue weighted by atomic mass is 19.4. The molecule has 7 heteroatoms. The van der Waals surface area contributed by atoms with Gasteiger partial charge in [0.25, 0.3) is 0 Å². The first-order chi connectivity index (χ1) is 12.5. The largest absolute Gasteiger partial charge is 0.467 e. The van der Waals surface area contributed by atoms with E-state index < -0.39 is 11.9 Å². The lowest BCUT2D eigenvalue weighted by Crippen LogP contribution is -2.28. The average Bonchev–Trinajstić information content (AvgIpc) is 3.16. The molecule has 0 saturated carbocycles. The lowest BCUT2D eigenvalue weighted by atomic mass is 10.3. The minimum atomic E-state index is -4.37. The molecule has 0 amide bonds. The Labute approximate surface area is 151 Å². The molecular weight excluding hydrogens is 343 g/mol. The summed E-state index contributed by atoms with van der Waals surface area (Å²) in [4.78, 5) is 3.63. The van der Waals surface area contributed by atoms with Crippen molar-refractivity contribution in [2.45, 2.75) is 25.6 Å². The quantitative estimate of drug-likeness (QED) is 0.861. The van der Waals surface area contributed by atoms with Gasteiger partial charge in [-0.25, -0.2) is 0 Å². The number of halogens is 3. The SMILES string of the molecule is FC(F)(F)C1=CC/C(=C\C=C/CN2CCCNCC2)N1Cc1ccco1. The third-order valence-electron chi connectivity index (χ3n) is 4.55. The molecule has 0 unspecified atom stereocenters. The Morgan fingerprint density at radius 1 is 1.23 bits per heavy atom. The Kier molecular flexibility index (Phi) is 6.21. The molecule has 1 fully saturated rings. The first-order valence-electron chi connectivity index (χ1n) is 8.90. The van der Waals surface area contributed by atoms with Gasteiger partial charge < -0.3 is 14.6 Å². The van der Waals surface area contributed by atoms with E-state index in [1.165, 1.54) is 17.2 Å². The van der Waals surface area contributed by atoms with Crippen LogP contribution >= 0.6 is 0 Å². The summed E-state index contributed by atoms with van der Waals surface area (Å²) in [5.41, 5.74) is 0.00894. The lowest BCUT2D eigenvalue weighted by Gasteiger charge is -2.24. The maximum absolute atomic E-state index is 13.3. The van der Waals surface area contributed by atoms with Gasteiger partial charge in [0.05, 0.1) is 12.8 Å². The fraction of sp³-hybridized carbons (Fsp3) is 0.474. The molecule has 1 aromatic heterocycles. The zero-order valence-corrected chi connectivity index (χ0v) is 14.6. The van der Waals surface area contributed by atoms with E-state index >= 15 is 0 Å². The molecule has 2 aliphatic rings. The molecule has 26 heavy (non-hydrogen) atoms. The van der Waals surface area contributed by atoms with Gasteiger partial charge in [-0.15, -0.1) is 0 Å². The Bertz CT molecular complexity index is 654. The number of nitrogens with one attached hydrogen (secondary N) is 1. The topological polar surface area (TPSA) is 31.6 Å². The minimum absolute atomic E-state index is 0.0792. The standard InChI is InChI=1S/C19H24F3N3O/c20-19(21,22)18-8-7-16(25(18)15-17-6-3-14-26-17)5-1-2-11-24-12-4-9-23-10-13-24/h1-3,5-6,8,14,23H,4,7,9-13,15H2/b2-1-,16-5+. The molecule has 1 saturated heterocycles. The Morgan fingerprint density at radius 3 is 2.88 bits per heavy atom. The highest BCUT2D eigenvalue weighted by Gasteiger charge is 2.41. The van der Waals surface area contributed by atoms with Crippen molar-refractivity contribution in [1.29, 1.82) is 0 Å². The van der Waals surface area contributed by atoms with Crippen molar-refractivity contribution in [1.82, 2.24) is 15.1 Å². The van der Waals surface area contributed by atoms with Crippen molar-refractivity contribution in [2.75, 3.05) is 32.7 Å². The van der Waals surface area contributed by atoms with Crippen LogP contribution in [0.2, 0.25) is 0 Å². The van der Waals surface area contributed by atoms with Crippen LogP contribution < -0.4 is 5.32 Å². The molecule has 0 bridgehead atoms. The summed E-state index contributed by atoms with van der Waals surface area (Å²) in [6.07, 6.45) is 5.37. The molecule has 1 aromatic rings. The van der Waals surface area contributed by atoms with Gasteiger partial charge in [-0.1, -0.05) is 12.2 Å². The van der Waals surface area contributed by atoms with Crippen LogP contribution in [0.25, 0.3) is 0 Å². The van der Waals surface area contributed by atoms with Gasteiger partial charge in [-0.2, -0.15) is 13.2 Å². The van der Waals surface area contributed by atoms with E-state index in [0.717, 1.165) is 39.1 Å². The number of allylic oxidation sites excluding steroid dienone is 4. The summed E-state index contributed by atoms with van der Waals surface area (Å²) in [6.45, 7) is 4.94. The van der Waals surface area contributed by atoms with Crippen molar-refractivity contribution in [2.24, 2.45) is 0 Å². The van der Waals surface area contributed by atoms with Gasteiger partial charge in [-0.05, 0) is 43.8 Å². The molecule has 0 atom stereocenters. The Morgan fingerprint density at radius 2 is 2.12 bits per heavy atom. The molecule has 2 aliphatic heterocycles. The van der Waals surface area contributed by atoms with E-state index in [2.05, 4.69) is 10.2 Å². The normalized spacial score (nSPS) is 21.6. The first-order valence-corrected chi connectivity index (χ1v) is 8.90. The lowest BCUT2D eigenvalue weighted by molar-refractivity contribution is -0.108. The van der Waals surface area contributed by atoms with Crippen LogP contribution in [0.4, 0.5) is 13.2 Å². The van der Waals surface area contributed by atoms with Gasteiger partial charge in [-0.3, -0.25) is 4.90 Å². The van der Waals surface area contributed by atoms with Crippen LogP contribution in [-0.2, 0) is 6.54 Å². The second-order valence-corrected chi connectivity index (χ2v) is 6.45. The smallest absolute Gasteiger partial charge is 0.431 e. The fourth-order valence-corrected chi connectivity index (χ4v) is 3.22. The van der Waals surface area contributed by atoms with E-state index in [1.54, 1.807) is 18.2 Å². The molecule has 0 radical (unpaired) electrons. The predicted molar refractivity (Wildman–Crippen MR) is 94.2 cm³/mol. The summed E-state index contributed by atoms with van der Waals surface area (Å²) in [5.74, 6) is 0.508. The maximum Gasteiger partial charge on any atom is 0.431 e. The zero-order valence-electron chi connectivity index (χ0n) is 14.6. The monoisotopic (exact) mass is 367 g/mol. The molecule has 1 N–H and O–H groups in total. The Balaban J connectivity index is 1.64. The second-order valence-electron chi connectivity index (χ2n) is 6.45. The van der Waals surface area contributed by atoms with Crippen LogP contribution in [0, 0.1) is 0 Å². The van der Waals surface area contributed by atoms with Crippen LogP contribution in [0.3, 0.4) is 0 Å². The van der Waals surface area contributed by atoms with Gasteiger partial charge in [0.2, 0.25) is 0 Å². The van der Waals surface area contributed by atoms with E-state index in [0.29, 0.717) is 11.5 Å². The highest BCUT2D eigenvalue weighted by molar-refractivity contribution is 5.30. The van der Waals surface area contributed by atoms with E-state index in [1.807, 2.05) is 12.2 Å². The second kappa shape index (κ2) is 8.60. The molecule has 0 aromatic carbocycles. The van der Waals surface area contributed by atoms with E-state index in [9.17, 15) is 13.2 Å². The maximum atomic E-state index is 13.3. The van der Waals surface area contributed by atoms with Crippen LogP contribution in [0.15, 0.2) is 58.5 Å². The van der Waals surface area contributed by atoms with Crippen molar-refractivity contribution >= 4 is 0 Å². The average molecular weight is 367 g/mol. The molecule has 3 heterocycles. The van der Waals surface area contributed by atoms with Gasteiger partial charge in [0, 0.05) is 31.8 Å². The van der Waals surface area contributed by atoms with E-state index in [-0.39, 0.29) is 13.0 Å². The molecule has 0 aliphatic carbocycles. The predicted octanol–water partition coefficient (Wildman–Crippen LogP) is 3.67. The van der Waals surface area contributed by atoms with Gasteiger partial charge >= 0.3 is 6.18 Å². The number of alkyl halides is 3. The summed E-state index contributed by atoms with van der Waals surface area (Å²) < 4.78 is 45.1. The number of nitrogens with zero attached hydrogens (tertiary/aromatic N) is 2. The third kappa shape index (κ3) is 5.02.